The third-order valence-corrected chi connectivity index (χ3v) is 4.37. The lowest BCUT2D eigenvalue weighted by atomic mass is 10.2. The number of nitrogens with one attached hydrogen (secondary N) is 2. The molecule has 0 saturated heterocycles. The molecule has 2 rings (SSSR count). The summed E-state index contributed by atoms with van der Waals surface area (Å²) in [6.07, 6.45) is 0.188. The van der Waals surface area contributed by atoms with Crippen molar-refractivity contribution in [1.29, 1.82) is 0 Å². The molecule has 0 aliphatic carbocycles. The first kappa shape index (κ1) is 17.3. The lowest BCUT2D eigenvalue weighted by Gasteiger charge is -2.08. The Morgan fingerprint density at radius 1 is 1.04 bits per heavy atom. The Morgan fingerprint density at radius 3 is 2.48 bits per heavy atom. The van der Waals surface area contributed by atoms with Crippen molar-refractivity contribution in [2.45, 2.75) is 11.3 Å². The molecule has 0 bridgehead atoms. The maximum atomic E-state index is 13.4. The summed E-state index contributed by atoms with van der Waals surface area (Å²) in [6, 6.07) is 12.9. The van der Waals surface area contributed by atoms with Crippen LogP contribution >= 0.6 is 23.4 Å². The zero-order valence-electron chi connectivity index (χ0n) is 12.0. The first-order valence-electron chi connectivity index (χ1n) is 6.79. The molecule has 0 aliphatic rings. The van der Waals surface area contributed by atoms with Gasteiger partial charge in [-0.2, -0.15) is 0 Å². The van der Waals surface area contributed by atoms with E-state index in [1.165, 1.54) is 30.0 Å². The molecule has 0 spiro atoms. The summed E-state index contributed by atoms with van der Waals surface area (Å²) < 4.78 is 13.4. The van der Waals surface area contributed by atoms with Crippen LogP contribution in [0.3, 0.4) is 0 Å². The number of carbonyl (C=O) groups is 2. The number of halogens is 2. The average Bonchev–Trinajstić information content (AvgIpc) is 2.55. The summed E-state index contributed by atoms with van der Waals surface area (Å²) in [7, 11) is 0. The van der Waals surface area contributed by atoms with Crippen LogP contribution in [0.15, 0.2) is 53.4 Å². The number of benzene rings is 2. The molecule has 0 heterocycles. The van der Waals surface area contributed by atoms with Crippen molar-refractivity contribution in [1.82, 2.24) is 10.9 Å². The fraction of sp³-hybridized carbons (Fsp3) is 0.125. The van der Waals surface area contributed by atoms with Crippen molar-refractivity contribution in [2.75, 3.05) is 5.75 Å². The van der Waals surface area contributed by atoms with Crippen molar-refractivity contribution in [3.8, 4) is 0 Å². The fourth-order valence-electron chi connectivity index (χ4n) is 1.72. The second-order valence-electron chi connectivity index (χ2n) is 4.51. The van der Waals surface area contributed by atoms with Gasteiger partial charge in [-0.15, -0.1) is 11.8 Å². The molecule has 4 nitrogen and oxygen atoms in total. The zero-order chi connectivity index (χ0) is 16.7. The molecule has 0 radical (unpaired) electrons. The van der Waals surface area contributed by atoms with Gasteiger partial charge < -0.3 is 0 Å². The molecule has 0 unspecified atom stereocenters. The van der Waals surface area contributed by atoms with Gasteiger partial charge in [0.1, 0.15) is 5.82 Å². The normalized spacial score (nSPS) is 10.2. The van der Waals surface area contributed by atoms with Crippen LogP contribution in [-0.2, 0) is 4.79 Å². The van der Waals surface area contributed by atoms with Gasteiger partial charge in [-0.05, 0) is 24.3 Å². The van der Waals surface area contributed by atoms with Gasteiger partial charge in [0, 0.05) is 17.1 Å². The predicted octanol–water partition coefficient (Wildman–Crippen LogP) is 3.42. The minimum atomic E-state index is -0.699. The number of amides is 2. The monoisotopic (exact) mass is 352 g/mol. The van der Waals surface area contributed by atoms with E-state index in [-0.39, 0.29) is 17.9 Å². The summed E-state index contributed by atoms with van der Waals surface area (Å²) >= 11 is 7.45. The third-order valence-electron chi connectivity index (χ3n) is 2.86. The van der Waals surface area contributed by atoms with Gasteiger partial charge in [-0.1, -0.05) is 35.9 Å². The lowest BCUT2D eigenvalue weighted by molar-refractivity contribution is -0.121. The first-order chi connectivity index (χ1) is 11.1. The summed E-state index contributed by atoms with van der Waals surface area (Å²) in [5.41, 5.74) is 4.32. The highest BCUT2D eigenvalue weighted by Gasteiger charge is 2.11. The Morgan fingerprint density at radius 2 is 1.74 bits per heavy atom. The van der Waals surface area contributed by atoms with Gasteiger partial charge >= 0.3 is 0 Å². The fourth-order valence-corrected chi connectivity index (χ4v) is 2.90. The molecule has 0 aliphatic heterocycles. The molecule has 7 heteroatoms. The van der Waals surface area contributed by atoms with Crippen molar-refractivity contribution >= 4 is 35.2 Å². The largest absolute Gasteiger partial charge is 0.273 e. The minimum Gasteiger partial charge on any atom is -0.273 e. The van der Waals surface area contributed by atoms with Crippen LogP contribution in [0, 0.1) is 5.82 Å². The van der Waals surface area contributed by atoms with Gasteiger partial charge in [0.25, 0.3) is 5.91 Å². The van der Waals surface area contributed by atoms with E-state index in [9.17, 15) is 14.0 Å². The van der Waals surface area contributed by atoms with Crippen molar-refractivity contribution < 1.29 is 14.0 Å². The van der Waals surface area contributed by atoms with E-state index in [0.29, 0.717) is 10.8 Å². The summed E-state index contributed by atoms with van der Waals surface area (Å²) in [6.45, 7) is 0. The highest BCUT2D eigenvalue weighted by atomic mass is 35.5. The first-order valence-corrected chi connectivity index (χ1v) is 8.15. The minimum absolute atomic E-state index is 0.127. The van der Waals surface area contributed by atoms with Crippen LogP contribution < -0.4 is 10.9 Å². The van der Waals surface area contributed by atoms with Crippen LogP contribution in [0.1, 0.15) is 16.8 Å². The number of hydrogen-bond donors (Lipinski definition) is 2. The van der Waals surface area contributed by atoms with E-state index in [4.69, 9.17) is 11.6 Å². The molecule has 2 aromatic rings. The number of carbonyl (C=O) groups excluding carboxylic acids is 2. The molecule has 0 saturated carbocycles. The number of hydrogen-bond acceptors (Lipinski definition) is 3. The second kappa shape index (κ2) is 8.55. The highest BCUT2D eigenvalue weighted by Crippen LogP contribution is 2.26. The van der Waals surface area contributed by atoms with E-state index in [2.05, 4.69) is 10.9 Å². The number of thioether (sulfide) groups is 1. The molecular formula is C16H14ClFN2O2S. The van der Waals surface area contributed by atoms with Crippen LogP contribution in [0.2, 0.25) is 5.02 Å². The predicted molar refractivity (Wildman–Crippen MR) is 88.8 cm³/mol. The van der Waals surface area contributed by atoms with Crippen LogP contribution in [0.5, 0.6) is 0 Å². The van der Waals surface area contributed by atoms with Gasteiger partial charge in [-0.3, -0.25) is 20.4 Å². The maximum Gasteiger partial charge on any atom is 0.272 e. The molecule has 2 aromatic carbocycles. The summed E-state index contributed by atoms with van der Waals surface area (Å²) in [4.78, 5) is 24.3. The standard InChI is InChI=1S/C16H14ClFN2O2S/c17-12-6-2-4-8-14(12)23-10-9-15(21)19-20-16(22)11-5-1-3-7-13(11)18/h1-8H,9-10H2,(H,19,21)(H,20,22). The number of rotatable bonds is 5. The molecule has 120 valence electrons. The Balaban J connectivity index is 1.74. The molecule has 2 amide bonds. The van der Waals surface area contributed by atoms with Crippen molar-refractivity contribution in [2.24, 2.45) is 0 Å². The third kappa shape index (κ3) is 5.26. The Bertz CT molecular complexity index is 712. The van der Waals surface area contributed by atoms with E-state index in [1.54, 1.807) is 12.1 Å². The lowest BCUT2D eigenvalue weighted by Crippen LogP contribution is -2.42. The SMILES string of the molecule is O=C(CCSc1ccccc1Cl)NNC(=O)c1ccccc1F. The van der Waals surface area contributed by atoms with Gasteiger partial charge in [0.15, 0.2) is 0 Å². The van der Waals surface area contributed by atoms with Gasteiger partial charge in [-0.25, -0.2) is 4.39 Å². The second-order valence-corrected chi connectivity index (χ2v) is 6.05. The van der Waals surface area contributed by atoms with Crippen molar-refractivity contribution in [3.63, 3.8) is 0 Å². The van der Waals surface area contributed by atoms with Crippen molar-refractivity contribution in [3.05, 3.63) is 64.9 Å². The Labute approximate surface area is 142 Å². The van der Waals surface area contributed by atoms with Gasteiger partial charge in [0.05, 0.1) is 10.6 Å². The van der Waals surface area contributed by atoms with E-state index in [0.717, 1.165) is 4.90 Å². The zero-order valence-corrected chi connectivity index (χ0v) is 13.6. The average molecular weight is 353 g/mol. The molecule has 2 N–H and O–H groups in total. The quantitative estimate of drug-likeness (QED) is 0.640. The highest BCUT2D eigenvalue weighted by molar-refractivity contribution is 7.99. The van der Waals surface area contributed by atoms with Crippen LogP contribution in [0.4, 0.5) is 4.39 Å². The summed E-state index contributed by atoms with van der Waals surface area (Å²) in [5, 5.41) is 0.630. The van der Waals surface area contributed by atoms with Gasteiger partial charge in [0.2, 0.25) is 5.91 Å². The van der Waals surface area contributed by atoms with Crippen LogP contribution in [0.25, 0.3) is 0 Å². The van der Waals surface area contributed by atoms with E-state index in [1.807, 2.05) is 18.2 Å². The molecule has 0 atom stereocenters. The van der Waals surface area contributed by atoms with E-state index >= 15 is 0 Å². The van der Waals surface area contributed by atoms with E-state index < -0.39 is 11.7 Å². The molecule has 0 fully saturated rings. The maximum absolute atomic E-state index is 13.4. The molecule has 23 heavy (non-hydrogen) atoms. The molecule has 0 aromatic heterocycles. The summed E-state index contributed by atoms with van der Waals surface area (Å²) in [5.74, 6) is -1.21. The topological polar surface area (TPSA) is 58.2 Å². The Kier molecular flexibility index (Phi) is 6.43. The Hall–Kier alpha value is -2.05. The molecular weight excluding hydrogens is 339 g/mol. The smallest absolute Gasteiger partial charge is 0.272 e. The number of hydrazine groups is 1. The van der Waals surface area contributed by atoms with Crippen LogP contribution in [-0.4, -0.2) is 17.6 Å².